The maximum absolute atomic E-state index is 13.2. The van der Waals surface area contributed by atoms with Crippen molar-refractivity contribution in [1.82, 2.24) is 4.90 Å². The highest BCUT2D eigenvalue weighted by Gasteiger charge is 2.25. The molecule has 0 aromatic heterocycles. The smallest absolute Gasteiger partial charge is 0.126 e. The normalized spacial score (nSPS) is 21.3. The molecule has 21 heavy (non-hydrogen) atoms. The van der Waals surface area contributed by atoms with Crippen LogP contribution in [-0.2, 0) is 0 Å². The molecule has 5 heteroatoms. The summed E-state index contributed by atoms with van der Waals surface area (Å²) in [6, 6.07) is 2.85. The molecule has 1 N–H and O–H groups in total. The number of hydrogen-bond donors (Lipinski definition) is 1. The van der Waals surface area contributed by atoms with Crippen LogP contribution >= 0.6 is 23.2 Å². The molecule has 2 atom stereocenters. The summed E-state index contributed by atoms with van der Waals surface area (Å²) in [5, 5.41) is 4.06. The second-order valence-electron chi connectivity index (χ2n) is 5.88. The van der Waals surface area contributed by atoms with Crippen LogP contribution in [-0.4, -0.2) is 30.6 Å². The van der Waals surface area contributed by atoms with Crippen LogP contribution in [0.3, 0.4) is 0 Å². The van der Waals surface area contributed by atoms with Crippen LogP contribution in [0.2, 0.25) is 10.0 Å². The Kier molecular flexibility index (Phi) is 6.15. The molecular weight excluding hydrogens is 310 g/mol. The fourth-order valence-corrected chi connectivity index (χ4v) is 3.61. The Balaban J connectivity index is 2.02. The van der Waals surface area contributed by atoms with Gasteiger partial charge in [0.25, 0.3) is 0 Å². The maximum atomic E-state index is 13.2. The standard InChI is InChI=1S/C16H23Cl2FN2/c1-3-6-21-7-4-5-12(10-21)11(2)20-16-14(17)8-13(19)9-15(16)18/h8-9,11-12,20H,3-7,10H2,1-2H3. The Morgan fingerprint density at radius 1 is 1.38 bits per heavy atom. The van der Waals surface area contributed by atoms with Crippen molar-refractivity contribution >= 4 is 28.9 Å². The van der Waals surface area contributed by atoms with E-state index in [-0.39, 0.29) is 6.04 Å². The summed E-state index contributed by atoms with van der Waals surface area (Å²) in [7, 11) is 0. The molecule has 1 heterocycles. The number of nitrogens with zero attached hydrogens (tertiary/aromatic N) is 1. The summed E-state index contributed by atoms with van der Waals surface area (Å²) in [4.78, 5) is 2.51. The van der Waals surface area contributed by atoms with Crippen molar-refractivity contribution in [2.24, 2.45) is 5.92 Å². The number of piperidine rings is 1. The van der Waals surface area contributed by atoms with E-state index < -0.39 is 5.82 Å². The second-order valence-corrected chi connectivity index (χ2v) is 6.69. The average molecular weight is 333 g/mol. The first-order valence-electron chi connectivity index (χ1n) is 7.64. The lowest BCUT2D eigenvalue weighted by Gasteiger charge is -2.36. The van der Waals surface area contributed by atoms with Crippen molar-refractivity contribution in [3.05, 3.63) is 28.0 Å². The molecule has 1 saturated heterocycles. The molecule has 0 bridgehead atoms. The molecule has 1 aromatic carbocycles. The van der Waals surface area contributed by atoms with Gasteiger partial charge >= 0.3 is 0 Å². The summed E-state index contributed by atoms with van der Waals surface area (Å²) in [5.74, 6) is 0.150. The minimum absolute atomic E-state index is 0.255. The Hall–Kier alpha value is -0.510. The van der Waals surface area contributed by atoms with Gasteiger partial charge in [-0.3, -0.25) is 0 Å². The highest BCUT2D eigenvalue weighted by molar-refractivity contribution is 6.39. The Morgan fingerprint density at radius 3 is 2.67 bits per heavy atom. The van der Waals surface area contributed by atoms with Crippen LogP contribution < -0.4 is 5.32 Å². The number of hydrogen-bond acceptors (Lipinski definition) is 2. The van der Waals surface area contributed by atoms with Crippen molar-refractivity contribution in [2.45, 2.75) is 39.2 Å². The molecule has 1 fully saturated rings. The number of halogens is 3. The lowest BCUT2D eigenvalue weighted by Crippen LogP contribution is -2.42. The van der Waals surface area contributed by atoms with E-state index in [1.807, 2.05) is 0 Å². The predicted molar refractivity (Wildman–Crippen MR) is 89.0 cm³/mol. The van der Waals surface area contributed by atoms with Crippen LogP contribution in [0.5, 0.6) is 0 Å². The molecule has 0 spiro atoms. The molecule has 1 aliphatic heterocycles. The van der Waals surface area contributed by atoms with Gasteiger partial charge in [0, 0.05) is 12.6 Å². The molecule has 1 aromatic rings. The maximum Gasteiger partial charge on any atom is 0.126 e. The van der Waals surface area contributed by atoms with E-state index in [0.29, 0.717) is 21.7 Å². The predicted octanol–water partition coefficient (Wildman–Crippen LogP) is 5.05. The summed E-state index contributed by atoms with van der Waals surface area (Å²) in [6.45, 7) is 7.80. The molecule has 118 valence electrons. The molecule has 2 nitrogen and oxygen atoms in total. The zero-order chi connectivity index (χ0) is 15.4. The van der Waals surface area contributed by atoms with Crippen LogP contribution in [0.1, 0.15) is 33.1 Å². The third-order valence-corrected chi connectivity index (χ3v) is 4.76. The molecule has 0 radical (unpaired) electrons. The van der Waals surface area contributed by atoms with E-state index in [0.717, 1.165) is 13.1 Å². The fourth-order valence-electron chi connectivity index (χ4n) is 3.04. The highest BCUT2D eigenvalue weighted by Crippen LogP contribution is 2.33. The lowest BCUT2D eigenvalue weighted by atomic mass is 9.91. The fraction of sp³-hybridized carbons (Fsp3) is 0.625. The summed E-state index contributed by atoms with van der Waals surface area (Å²) >= 11 is 12.2. The average Bonchev–Trinajstić information content (AvgIpc) is 2.43. The zero-order valence-electron chi connectivity index (χ0n) is 12.6. The Labute approximate surface area is 136 Å². The highest BCUT2D eigenvalue weighted by atomic mass is 35.5. The second kappa shape index (κ2) is 7.66. The van der Waals surface area contributed by atoms with Crippen molar-refractivity contribution in [3.63, 3.8) is 0 Å². The van der Waals surface area contributed by atoms with Crippen molar-refractivity contribution in [2.75, 3.05) is 25.0 Å². The van der Waals surface area contributed by atoms with Crippen molar-refractivity contribution in [1.29, 1.82) is 0 Å². The summed E-state index contributed by atoms with van der Waals surface area (Å²) in [6.07, 6.45) is 3.61. The van der Waals surface area contributed by atoms with Gasteiger partial charge in [0.15, 0.2) is 0 Å². The first-order valence-corrected chi connectivity index (χ1v) is 8.40. The van der Waals surface area contributed by atoms with Gasteiger partial charge in [0.05, 0.1) is 15.7 Å². The quantitative estimate of drug-likeness (QED) is 0.811. The van der Waals surface area contributed by atoms with Gasteiger partial charge in [-0.15, -0.1) is 0 Å². The van der Waals surface area contributed by atoms with E-state index in [9.17, 15) is 4.39 Å². The van der Waals surface area contributed by atoms with E-state index >= 15 is 0 Å². The SMILES string of the molecule is CCCN1CCCC(C(C)Nc2c(Cl)cc(F)cc2Cl)C1. The van der Waals surface area contributed by atoms with Gasteiger partial charge in [0.1, 0.15) is 5.82 Å². The number of anilines is 1. The number of likely N-dealkylation sites (tertiary alicyclic amines) is 1. The Morgan fingerprint density at radius 2 is 2.05 bits per heavy atom. The third-order valence-electron chi connectivity index (χ3n) is 4.17. The topological polar surface area (TPSA) is 15.3 Å². The number of benzene rings is 1. The van der Waals surface area contributed by atoms with Crippen molar-refractivity contribution < 1.29 is 4.39 Å². The minimum atomic E-state index is -0.407. The van der Waals surface area contributed by atoms with Crippen molar-refractivity contribution in [3.8, 4) is 0 Å². The van der Waals surface area contributed by atoms with Crippen LogP contribution in [0.15, 0.2) is 12.1 Å². The van der Waals surface area contributed by atoms with E-state index in [2.05, 4.69) is 24.1 Å². The summed E-state index contributed by atoms with van der Waals surface area (Å²) < 4.78 is 13.2. The monoisotopic (exact) mass is 332 g/mol. The lowest BCUT2D eigenvalue weighted by molar-refractivity contribution is 0.165. The first-order chi connectivity index (χ1) is 10.0. The molecule has 2 unspecified atom stereocenters. The van der Waals surface area contributed by atoms with Gasteiger partial charge in [-0.25, -0.2) is 4.39 Å². The molecule has 2 rings (SSSR count). The van der Waals surface area contributed by atoms with Gasteiger partial charge in [-0.1, -0.05) is 30.1 Å². The van der Waals surface area contributed by atoms with Crippen LogP contribution in [0, 0.1) is 11.7 Å². The molecular formula is C16H23Cl2FN2. The van der Waals surface area contributed by atoms with Gasteiger partial charge in [-0.05, 0) is 57.3 Å². The molecule has 0 amide bonds. The number of rotatable bonds is 5. The zero-order valence-corrected chi connectivity index (χ0v) is 14.1. The minimum Gasteiger partial charge on any atom is -0.380 e. The Bertz CT molecular complexity index is 456. The summed E-state index contributed by atoms with van der Waals surface area (Å²) in [5.41, 5.74) is 0.639. The van der Waals surface area contributed by atoms with Gasteiger partial charge in [0.2, 0.25) is 0 Å². The third kappa shape index (κ3) is 4.48. The molecule has 1 aliphatic rings. The van der Waals surface area contributed by atoms with E-state index in [4.69, 9.17) is 23.2 Å². The number of nitrogens with one attached hydrogen (secondary N) is 1. The van der Waals surface area contributed by atoms with Crippen LogP contribution in [0.4, 0.5) is 10.1 Å². The first kappa shape index (κ1) is 16.9. The molecule has 0 aliphatic carbocycles. The molecule has 0 saturated carbocycles. The van der Waals surface area contributed by atoms with E-state index in [1.54, 1.807) is 0 Å². The van der Waals surface area contributed by atoms with Crippen LogP contribution in [0.25, 0.3) is 0 Å². The van der Waals surface area contributed by atoms with Gasteiger partial charge < -0.3 is 10.2 Å². The largest absolute Gasteiger partial charge is 0.380 e. The van der Waals surface area contributed by atoms with Gasteiger partial charge in [-0.2, -0.15) is 0 Å². The van der Waals surface area contributed by atoms with E-state index in [1.165, 1.54) is 37.9 Å².